The smallest absolute Gasteiger partial charge is 0.251 e. The lowest BCUT2D eigenvalue weighted by Crippen LogP contribution is -2.23. The van der Waals surface area contributed by atoms with E-state index in [-0.39, 0.29) is 17.9 Å². The molecular formula is C14H10F3NO2. The number of carbonyl (C=O) groups excluding carboxylic acids is 1. The first-order valence-electron chi connectivity index (χ1n) is 5.68. The van der Waals surface area contributed by atoms with Crippen LogP contribution in [0.2, 0.25) is 0 Å². The van der Waals surface area contributed by atoms with Crippen molar-refractivity contribution in [2.24, 2.45) is 0 Å². The van der Waals surface area contributed by atoms with Gasteiger partial charge in [-0.05, 0) is 18.2 Å². The summed E-state index contributed by atoms with van der Waals surface area (Å²) in [5.74, 6) is -5.27. The van der Waals surface area contributed by atoms with E-state index in [0.29, 0.717) is 17.7 Å². The van der Waals surface area contributed by atoms with Gasteiger partial charge in [-0.2, -0.15) is 0 Å². The van der Waals surface area contributed by atoms with E-state index in [2.05, 4.69) is 5.32 Å². The third-order valence-corrected chi connectivity index (χ3v) is 2.68. The van der Waals surface area contributed by atoms with Crippen molar-refractivity contribution in [3.63, 3.8) is 0 Å². The maximum atomic E-state index is 13.0. The van der Waals surface area contributed by atoms with Gasteiger partial charge in [0.25, 0.3) is 5.91 Å². The lowest BCUT2D eigenvalue weighted by Gasteiger charge is -2.07. The highest BCUT2D eigenvalue weighted by atomic mass is 19.2. The average Bonchev–Trinajstić information content (AvgIpc) is 2.43. The van der Waals surface area contributed by atoms with Gasteiger partial charge in [-0.3, -0.25) is 4.79 Å². The van der Waals surface area contributed by atoms with E-state index in [1.807, 2.05) is 0 Å². The van der Waals surface area contributed by atoms with Gasteiger partial charge in [0.2, 0.25) is 0 Å². The van der Waals surface area contributed by atoms with Crippen LogP contribution in [0.5, 0.6) is 5.75 Å². The Bertz CT molecular complexity index is 636. The fourth-order valence-corrected chi connectivity index (χ4v) is 1.62. The number of nitrogens with one attached hydrogen (secondary N) is 1. The van der Waals surface area contributed by atoms with Crippen molar-refractivity contribution < 1.29 is 23.1 Å². The van der Waals surface area contributed by atoms with Gasteiger partial charge in [0, 0.05) is 17.7 Å². The Kier molecular flexibility index (Phi) is 3.93. The van der Waals surface area contributed by atoms with Crippen molar-refractivity contribution >= 4 is 5.91 Å². The Balaban J connectivity index is 2.11. The highest BCUT2D eigenvalue weighted by Crippen LogP contribution is 2.16. The molecule has 0 aliphatic carbocycles. The second-order valence-electron chi connectivity index (χ2n) is 4.07. The van der Waals surface area contributed by atoms with Gasteiger partial charge in [-0.1, -0.05) is 18.2 Å². The Morgan fingerprint density at radius 2 is 1.70 bits per heavy atom. The second-order valence-corrected chi connectivity index (χ2v) is 4.07. The number of benzene rings is 2. The molecule has 104 valence electrons. The van der Waals surface area contributed by atoms with Crippen molar-refractivity contribution in [2.45, 2.75) is 6.54 Å². The fourth-order valence-electron chi connectivity index (χ4n) is 1.62. The normalized spacial score (nSPS) is 10.3. The van der Waals surface area contributed by atoms with Gasteiger partial charge >= 0.3 is 0 Å². The highest BCUT2D eigenvalue weighted by molar-refractivity contribution is 5.94. The van der Waals surface area contributed by atoms with Gasteiger partial charge in [-0.25, -0.2) is 13.2 Å². The van der Waals surface area contributed by atoms with E-state index in [1.165, 1.54) is 6.07 Å². The van der Waals surface area contributed by atoms with Gasteiger partial charge < -0.3 is 10.4 Å². The zero-order valence-electron chi connectivity index (χ0n) is 10.2. The van der Waals surface area contributed by atoms with Crippen LogP contribution >= 0.6 is 0 Å². The summed E-state index contributed by atoms with van der Waals surface area (Å²) in [6, 6.07) is 7.53. The number of phenolic OH excluding ortho intramolecular Hbond substituents is 1. The largest absolute Gasteiger partial charge is 0.508 e. The molecular weight excluding hydrogens is 271 g/mol. The standard InChI is InChI=1S/C14H10F3NO2/c15-10-5-9(6-11(16)13(10)17)14(20)18-7-8-3-1-2-4-12(8)19/h1-6,19H,7H2,(H,18,20). The van der Waals surface area contributed by atoms with E-state index in [9.17, 15) is 23.1 Å². The molecule has 3 nitrogen and oxygen atoms in total. The number of hydrogen-bond acceptors (Lipinski definition) is 2. The summed E-state index contributed by atoms with van der Waals surface area (Å²) in [7, 11) is 0. The van der Waals surface area contributed by atoms with Crippen LogP contribution in [-0.4, -0.2) is 11.0 Å². The fraction of sp³-hybridized carbons (Fsp3) is 0.0714. The zero-order chi connectivity index (χ0) is 14.7. The molecule has 6 heteroatoms. The predicted octanol–water partition coefficient (Wildman–Crippen LogP) is 2.74. The van der Waals surface area contributed by atoms with E-state index >= 15 is 0 Å². The monoisotopic (exact) mass is 281 g/mol. The molecule has 20 heavy (non-hydrogen) atoms. The number of rotatable bonds is 3. The molecule has 1 amide bonds. The maximum Gasteiger partial charge on any atom is 0.251 e. The summed E-state index contributed by atoms with van der Waals surface area (Å²) in [6.45, 7) is -0.0217. The summed E-state index contributed by atoms with van der Waals surface area (Å²) in [4.78, 5) is 11.7. The summed E-state index contributed by atoms with van der Waals surface area (Å²) >= 11 is 0. The molecule has 0 atom stereocenters. The van der Waals surface area contributed by atoms with Crippen LogP contribution in [0.15, 0.2) is 36.4 Å². The molecule has 0 unspecified atom stereocenters. The lowest BCUT2D eigenvalue weighted by atomic mass is 10.1. The molecule has 2 aromatic rings. The molecule has 0 aliphatic heterocycles. The van der Waals surface area contributed by atoms with Crippen molar-refractivity contribution in [3.05, 3.63) is 65.0 Å². The number of phenols is 1. The van der Waals surface area contributed by atoms with Crippen LogP contribution < -0.4 is 5.32 Å². The predicted molar refractivity (Wildman–Crippen MR) is 65.6 cm³/mol. The quantitative estimate of drug-likeness (QED) is 0.850. The van der Waals surface area contributed by atoms with Crippen LogP contribution in [0.4, 0.5) is 13.2 Å². The van der Waals surface area contributed by atoms with Crippen LogP contribution in [0.1, 0.15) is 15.9 Å². The van der Waals surface area contributed by atoms with Crippen molar-refractivity contribution in [1.29, 1.82) is 0 Å². The molecule has 2 aromatic carbocycles. The molecule has 0 aliphatic rings. The zero-order valence-corrected chi connectivity index (χ0v) is 10.2. The molecule has 0 saturated carbocycles. The minimum Gasteiger partial charge on any atom is -0.508 e. The lowest BCUT2D eigenvalue weighted by molar-refractivity contribution is 0.0949. The third kappa shape index (κ3) is 2.90. The number of hydrogen-bond donors (Lipinski definition) is 2. The van der Waals surface area contributed by atoms with E-state index in [4.69, 9.17) is 0 Å². The topological polar surface area (TPSA) is 49.3 Å². The molecule has 2 rings (SSSR count). The summed E-state index contributed by atoms with van der Waals surface area (Å²) in [5, 5.41) is 11.9. The molecule has 0 heterocycles. The summed E-state index contributed by atoms with van der Waals surface area (Å²) in [6.07, 6.45) is 0. The first kappa shape index (κ1) is 13.9. The minimum absolute atomic E-state index is 0.00994. The van der Waals surface area contributed by atoms with E-state index in [1.54, 1.807) is 18.2 Å². The Hall–Kier alpha value is -2.50. The van der Waals surface area contributed by atoms with Crippen LogP contribution in [-0.2, 0) is 6.54 Å². The average molecular weight is 281 g/mol. The minimum atomic E-state index is -1.62. The Morgan fingerprint density at radius 1 is 1.10 bits per heavy atom. The number of carbonyl (C=O) groups is 1. The first-order chi connectivity index (χ1) is 9.49. The Labute approximate surface area is 112 Å². The Morgan fingerprint density at radius 3 is 2.30 bits per heavy atom. The summed E-state index contributed by atoms with van der Waals surface area (Å²) in [5.41, 5.74) is 0.112. The molecule has 0 saturated heterocycles. The molecule has 0 radical (unpaired) electrons. The SMILES string of the molecule is O=C(NCc1ccccc1O)c1cc(F)c(F)c(F)c1. The van der Waals surface area contributed by atoms with Crippen LogP contribution in [0.25, 0.3) is 0 Å². The molecule has 0 fully saturated rings. The maximum absolute atomic E-state index is 13.0. The van der Waals surface area contributed by atoms with Crippen LogP contribution in [0, 0.1) is 17.5 Å². The van der Waals surface area contributed by atoms with Gasteiger partial charge in [-0.15, -0.1) is 0 Å². The van der Waals surface area contributed by atoms with Crippen molar-refractivity contribution in [1.82, 2.24) is 5.32 Å². The van der Waals surface area contributed by atoms with Crippen LogP contribution in [0.3, 0.4) is 0 Å². The van der Waals surface area contributed by atoms with E-state index in [0.717, 1.165) is 0 Å². The second kappa shape index (κ2) is 5.64. The number of para-hydroxylation sites is 1. The van der Waals surface area contributed by atoms with Gasteiger partial charge in [0.1, 0.15) is 5.75 Å². The van der Waals surface area contributed by atoms with Gasteiger partial charge in [0.05, 0.1) is 0 Å². The van der Waals surface area contributed by atoms with Crippen molar-refractivity contribution in [2.75, 3.05) is 0 Å². The van der Waals surface area contributed by atoms with Crippen molar-refractivity contribution in [3.8, 4) is 5.75 Å². The summed E-state index contributed by atoms with van der Waals surface area (Å²) < 4.78 is 38.7. The first-order valence-corrected chi connectivity index (χ1v) is 5.68. The number of halogens is 3. The highest BCUT2D eigenvalue weighted by Gasteiger charge is 2.15. The molecule has 2 N–H and O–H groups in total. The van der Waals surface area contributed by atoms with E-state index < -0.39 is 23.4 Å². The molecule has 0 spiro atoms. The number of amides is 1. The molecule has 0 bridgehead atoms. The molecule has 0 aromatic heterocycles. The number of aromatic hydroxyl groups is 1. The van der Waals surface area contributed by atoms with Gasteiger partial charge in [0.15, 0.2) is 17.5 Å². The third-order valence-electron chi connectivity index (χ3n) is 2.68.